The average Bonchev–Trinajstić information content (AvgIpc) is 3.38. The second-order valence-electron chi connectivity index (χ2n) is 7.27. The van der Waals surface area contributed by atoms with Crippen LogP contribution in [0.1, 0.15) is 11.4 Å². The molecule has 0 radical (unpaired) electrons. The maximum absolute atomic E-state index is 12.6. The highest BCUT2D eigenvalue weighted by molar-refractivity contribution is 5.90. The van der Waals surface area contributed by atoms with Crippen LogP contribution in [0.5, 0.6) is 0 Å². The minimum Gasteiger partial charge on any atom is -0.322 e. The molecule has 0 aliphatic carbocycles. The third-order valence-corrected chi connectivity index (χ3v) is 5.00. The Kier molecular flexibility index (Phi) is 4.55. The fraction of sp³-hybridized carbons (Fsp3) is 0.136. The standard InChI is InChI=1S/C22H19N7O2/c1-15-18-6-2-3-7-19(18)22(31)29(26-15)14-21(30)25-16-10-23-28(12-16)13-17-11-27-9-5-4-8-20(27)24-17/h2-12H,13-14H2,1H3,(H,25,30). The minimum atomic E-state index is -0.350. The van der Waals surface area contributed by atoms with E-state index in [1.807, 2.05) is 54.0 Å². The zero-order chi connectivity index (χ0) is 21.4. The molecular weight excluding hydrogens is 394 g/mol. The van der Waals surface area contributed by atoms with Crippen molar-refractivity contribution in [2.24, 2.45) is 0 Å². The molecule has 0 spiro atoms. The Bertz CT molecular complexity index is 1450. The number of nitrogens with one attached hydrogen (secondary N) is 1. The number of carbonyl (C=O) groups excluding carboxylic acids is 1. The van der Waals surface area contributed by atoms with Gasteiger partial charge in [-0.15, -0.1) is 0 Å². The maximum atomic E-state index is 12.6. The van der Waals surface area contributed by atoms with Crippen molar-refractivity contribution < 1.29 is 4.79 Å². The van der Waals surface area contributed by atoms with E-state index >= 15 is 0 Å². The Balaban J connectivity index is 1.29. The van der Waals surface area contributed by atoms with E-state index in [9.17, 15) is 9.59 Å². The largest absolute Gasteiger partial charge is 0.322 e. The number of anilines is 1. The van der Waals surface area contributed by atoms with E-state index in [0.717, 1.165) is 16.7 Å². The van der Waals surface area contributed by atoms with Crippen LogP contribution in [0.3, 0.4) is 0 Å². The van der Waals surface area contributed by atoms with Crippen LogP contribution < -0.4 is 10.9 Å². The molecule has 4 aromatic heterocycles. The molecule has 0 unspecified atom stereocenters. The van der Waals surface area contributed by atoms with Crippen molar-refractivity contribution in [1.29, 1.82) is 0 Å². The second-order valence-corrected chi connectivity index (χ2v) is 7.27. The molecule has 0 atom stereocenters. The first kappa shape index (κ1) is 18.7. The van der Waals surface area contributed by atoms with Crippen LogP contribution >= 0.6 is 0 Å². The van der Waals surface area contributed by atoms with E-state index in [2.05, 4.69) is 20.5 Å². The summed E-state index contributed by atoms with van der Waals surface area (Å²) in [4.78, 5) is 29.7. The van der Waals surface area contributed by atoms with E-state index in [-0.39, 0.29) is 18.0 Å². The Morgan fingerprint density at radius 2 is 1.87 bits per heavy atom. The van der Waals surface area contributed by atoms with Gasteiger partial charge in [-0.05, 0) is 25.1 Å². The van der Waals surface area contributed by atoms with Gasteiger partial charge in [0.2, 0.25) is 5.91 Å². The molecule has 4 heterocycles. The van der Waals surface area contributed by atoms with Gasteiger partial charge >= 0.3 is 0 Å². The number of hydrogen-bond acceptors (Lipinski definition) is 5. The molecule has 5 rings (SSSR count). The Labute approximate surface area is 176 Å². The van der Waals surface area contributed by atoms with E-state index < -0.39 is 0 Å². The summed E-state index contributed by atoms with van der Waals surface area (Å²) in [6, 6.07) is 13.1. The van der Waals surface area contributed by atoms with Gasteiger partial charge in [-0.1, -0.05) is 24.3 Å². The lowest BCUT2D eigenvalue weighted by molar-refractivity contribution is -0.117. The number of rotatable bonds is 5. The van der Waals surface area contributed by atoms with Crippen molar-refractivity contribution in [2.45, 2.75) is 20.0 Å². The first-order valence-electron chi connectivity index (χ1n) is 9.78. The van der Waals surface area contributed by atoms with Gasteiger partial charge in [0, 0.05) is 24.0 Å². The summed E-state index contributed by atoms with van der Waals surface area (Å²) >= 11 is 0. The fourth-order valence-corrected chi connectivity index (χ4v) is 3.59. The van der Waals surface area contributed by atoms with E-state index in [1.54, 1.807) is 29.2 Å². The number of amides is 1. The SMILES string of the molecule is Cc1nn(CC(=O)Nc2cnn(Cc3cn4ccccc4n3)c2)c(=O)c2ccccc12. The highest BCUT2D eigenvalue weighted by Gasteiger charge is 2.12. The number of aryl methyl sites for hydroxylation is 1. The van der Waals surface area contributed by atoms with Gasteiger partial charge in [-0.2, -0.15) is 10.2 Å². The molecule has 154 valence electrons. The van der Waals surface area contributed by atoms with Gasteiger partial charge in [-0.3, -0.25) is 14.3 Å². The molecule has 5 aromatic rings. The normalized spacial score (nSPS) is 11.3. The molecular formula is C22H19N7O2. The molecule has 1 N–H and O–H groups in total. The number of aromatic nitrogens is 6. The van der Waals surface area contributed by atoms with Gasteiger partial charge in [0.05, 0.1) is 35.2 Å². The van der Waals surface area contributed by atoms with Crippen molar-refractivity contribution in [2.75, 3.05) is 5.32 Å². The van der Waals surface area contributed by atoms with Crippen LogP contribution in [0.25, 0.3) is 16.4 Å². The summed E-state index contributed by atoms with van der Waals surface area (Å²) in [5, 5.41) is 12.7. The van der Waals surface area contributed by atoms with Gasteiger partial charge < -0.3 is 9.72 Å². The molecule has 0 aliphatic heterocycles. The Morgan fingerprint density at radius 3 is 2.71 bits per heavy atom. The minimum absolute atomic E-state index is 0.178. The molecule has 1 amide bonds. The summed E-state index contributed by atoms with van der Waals surface area (Å²) in [6.45, 7) is 2.12. The van der Waals surface area contributed by atoms with Crippen LogP contribution in [-0.2, 0) is 17.9 Å². The number of imidazole rings is 1. The Hall–Kier alpha value is -4.27. The molecule has 0 saturated heterocycles. The summed E-state index contributed by atoms with van der Waals surface area (Å²) in [6.07, 6.45) is 7.17. The lowest BCUT2D eigenvalue weighted by Crippen LogP contribution is -2.30. The van der Waals surface area contributed by atoms with Gasteiger partial charge in [0.15, 0.2) is 0 Å². The van der Waals surface area contributed by atoms with Crippen molar-refractivity contribution in [1.82, 2.24) is 28.9 Å². The fourth-order valence-electron chi connectivity index (χ4n) is 3.59. The first-order chi connectivity index (χ1) is 15.1. The van der Waals surface area contributed by atoms with E-state index in [4.69, 9.17) is 0 Å². The van der Waals surface area contributed by atoms with Crippen molar-refractivity contribution in [3.8, 4) is 0 Å². The second kappa shape index (κ2) is 7.52. The zero-order valence-corrected chi connectivity index (χ0v) is 16.8. The van der Waals surface area contributed by atoms with E-state index in [0.29, 0.717) is 23.3 Å². The van der Waals surface area contributed by atoms with Crippen LogP contribution in [0.4, 0.5) is 5.69 Å². The summed E-state index contributed by atoms with van der Waals surface area (Å²) in [5.74, 6) is -0.350. The maximum Gasteiger partial charge on any atom is 0.275 e. The molecule has 9 heteroatoms. The summed E-state index contributed by atoms with van der Waals surface area (Å²) in [5.41, 5.74) is 2.66. The zero-order valence-electron chi connectivity index (χ0n) is 16.8. The van der Waals surface area contributed by atoms with E-state index in [1.165, 1.54) is 4.68 Å². The Morgan fingerprint density at radius 1 is 1.06 bits per heavy atom. The number of hydrogen-bond donors (Lipinski definition) is 1. The highest BCUT2D eigenvalue weighted by Crippen LogP contribution is 2.12. The number of benzene rings is 1. The summed E-state index contributed by atoms with van der Waals surface area (Å²) < 4.78 is 4.83. The van der Waals surface area contributed by atoms with Crippen LogP contribution in [0.2, 0.25) is 0 Å². The van der Waals surface area contributed by atoms with Crippen LogP contribution in [0, 0.1) is 6.92 Å². The molecule has 0 saturated carbocycles. The molecule has 0 fully saturated rings. The molecule has 31 heavy (non-hydrogen) atoms. The molecule has 1 aromatic carbocycles. The first-order valence-corrected chi connectivity index (χ1v) is 9.78. The van der Waals surface area contributed by atoms with Crippen molar-refractivity contribution in [3.05, 3.63) is 89.0 Å². The monoisotopic (exact) mass is 413 g/mol. The van der Waals surface area contributed by atoms with Gasteiger partial charge in [-0.25, -0.2) is 9.67 Å². The molecule has 0 aliphatic rings. The number of nitrogens with zero attached hydrogens (tertiary/aromatic N) is 6. The third kappa shape index (κ3) is 3.68. The average molecular weight is 413 g/mol. The number of carbonyl (C=O) groups is 1. The topological polar surface area (TPSA) is 99.1 Å². The summed E-state index contributed by atoms with van der Waals surface area (Å²) in [7, 11) is 0. The predicted octanol–water partition coefficient (Wildman–Crippen LogP) is 2.24. The smallest absolute Gasteiger partial charge is 0.275 e. The highest BCUT2D eigenvalue weighted by atomic mass is 16.2. The molecule has 0 bridgehead atoms. The third-order valence-electron chi connectivity index (χ3n) is 5.00. The number of pyridine rings is 1. The lowest BCUT2D eigenvalue weighted by Gasteiger charge is -2.08. The van der Waals surface area contributed by atoms with Crippen molar-refractivity contribution in [3.63, 3.8) is 0 Å². The molecule has 9 nitrogen and oxygen atoms in total. The van der Waals surface area contributed by atoms with Crippen LogP contribution in [-0.4, -0.2) is 34.9 Å². The van der Waals surface area contributed by atoms with Crippen LogP contribution in [0.15, 0.2) is 72.0 Å². The van der Waals surface area contributed by atoms with Crippen molar-refractivity contribution >= 4 is 28.0 Å². The quantitative estimate of drug-likeness (QED) is 0.476. The van der Waals surface area contributed by atoms with Gasteiger partial charge in [0.25, 0.3) is 5.56 Å². The van der Waals surface area contributed by atoms with Gasteiger partial charge in [0.1, 0.15) is 12.2 Å². The predicted molar refractivity (Wildman–Crippen MR) is 116 cm³/mol. The lowest BCUT2D eigenvalue weighted by atomic mass is 10.1. The number of fused-ring (bicyclic) bond motifs is 2.